The molecule has 6 heteroatoms. The first-order valence-electron chi connectivity index (χ1n) is 6.69. The summed E-state index contributed by atoms with van der Waals surface area (Å²) in [4.78, 5) is 25.2. The molecule has 0 fully saturated rings. The highest BCUT2D eigenvalue weighted by Gasteiger charge is 2.25. The van der Waals surface area contributed by atoms with Gasteiger partial charge in [0.25, 0.3) is 0 Å². The topological polar surface area (TPSA) is 75.4 Å². The Morgan fingerprint density at radius 2 is 2.14 bits per heavy atom. The third-order valence-electron chi connectivity index (χ3n) is 3.79. The zero-order valence-corrected chi connectivity index (χ0v) is 11.6. The fourth-order valence-corrected chi connectivity index (χ4v) is 2.65. The summed E-state index contributed by atoms with van der Waals surface area (Å²) in [5.41, 5.74) is 2.38. The van der Waals surface area contributed by atoms with Crippen LogP contribution in [0, 0.1) is 0 Å². The highest BCUT2D eigenvalue weighted by Crippen LogP contribution is 2.28. The summed E-state index contributed by atoms with van der Waals surface area (Å²) in [5, 5.41) is 13.2. The molecule has 0 bridgehead atoms. The SMILES string of the molecule is Cn1ncc(C(=O)O)c1CN1CCC(=O)c2ccccc21. The number of anilines is 1. The molecule has 1 aromatic carbocycles. The molecule has 6 nitrogen and oxygen atoms in total. The lowest BCUT2D eigenvalue weighted by atomic mass is 10.00. The molecule has 0 amide bonds. The van der Waals surface area contributed by atoms with Crippen molar-refractivity contribution in [1.82, 2.24) is 9.78 Å². The van der Waals surface area contributed by atoms with Crippen LogP contribution in [0.3, 0.4) is 0 Å². The van der Waals surface area contributed by atoms with Gasteiger partial charge in [0, 0.05) is 31.3 Å². The molecule has 21 heavy (non-hydrogen) atoms. The lowest BCUT2D eigenvalue weighted by Gasteiger charge is -2.30. The Labute approximate surface area is 121 Å². The maximum Gasteiger partial charge on any atom is 0.339 e. The monoisotopic (exact) mass is 285 g/mol. The second-order valence-corrected chi connectivity index (χ2v) is 5.05. The average molecular weight is 285 g/mol. The molecule has 0 saturated carbocycles. The van der Waals surface area contributed by atoms with Gasteiger partial charge in [0.05, 0.1) is 18.4 Å². The Morgan fingerprint density at radius 1 is 1.38 bits per heavy atom. The third kappa shape index (κ3) is 2.29. The number of carboxylic acids is 1. The minimum atomic E-state index is -0.987. The van der Waals surface area contributed by atoms with E-state index in [1.165, 1.54) is 6.20 Å². The minimum absolute atomic E-state index is 0.130. The molecule has 0 radical (unpaired) electrons. The summed E-state index contributed by atoms with van der Waals surface area (Å²) in [7, 11) is 1.72. The summed E-state index contributed by atoms with van der Waals surface area (Å²) < 4.78 is 1.57. The number of aromatic nitrogens is 2. The molecule has 1 aliphatic heterocycles. The van der Waals surface area contributed by atoms with Gasteiger partial charge in [-0.1, -0.05) is 12.1 Å². The molecule has 0 spiro atoms. The van der Waals surface area contributed by atoms with Gasteiger partial charge in [-0.15, -0.1) is 0 Å². The highest BCUT2D eigenvalue weighted by atomic mass is 16.4. The van der Waals surface area contributed by atoms with Gasteiger partial charge in [-0.25, -0.2) is 4.79 Å². The van der Waals surface area contributed by atoms with Gasteiger partial charge >= 0.3 is 5.97 Å². The number of para-hydroxylation sites is 1. The van der Waals surface area contributed by atoms with Crippen molar-refractivity contribution in [1.29, 1.82) is 0 Å². The molecule has 1 aromatic heterocycles. The maximum absolute atomic E-state index is 11.9. The summed E-state index contributed by atoms with van der Waals surface area (Å²) in [6, 6.07) is 7.42. The van der Waals surface area contributed by atoms with Gasteiger partial charge in [0.2, 0.25) is 0 Å². The smallest absolute Gasteiger partial charge is 0.339 e. The van der Waals surface area contributed by atoms with E-state index in [2.05, 4.69) is 5.10 Å². The lowest BCUT2D eigenvalue weighted by molar-refractivity contribution is 0.0695. The van der Waals surface area contributed by atoms with E-state index in [-0.39, 0.29) is 11.3 Å². The maximum atomic E-state index is 11.9. The van der Waals surface area contributed by atoms with Crippen LogP contribution in [0.1, 0.15) is 32.8 Å². The molecule has 0 saturated heterocycles. The van der Waals surface area contributed by atoms with E-state index in [1.54, 1.807) is 11.7 Å². The number of fused-ring (bicyclic) bond motifs is 1. The summed E-state index contributed by atoms with van der Waals surface area (Å²) in [5.74, 6) is -0.857. The lowest BCUT2D eigenvalue weighted by Crippen LogP contribution is -2.32. The molecule has 0 atom stereocenters. The van der Waals surface area contributed by atoms with Crippen LogP contribution in [0.15, 0.2) is 30.5 Å². The first-order valence-corrected chi connectivity index (χ1v) is 6.69. The van der Waals surface area contributed by atoms with Crippen LogP contribution in [-0.4, -0.2) is 33.2 Å². The molecule has 1 aliphatic rings. The van der Waals surface area contributed by atoms with Gasteiger partial charge in [-0.2, -0.15) is 5.10 Å². The summed E-state index contributed by atoms with van der Waals surface area (Å²) in [6.07, 6.45) is 1.80. The van der Waals surface area contributed by atoms with Crippen LogP contribution >= 0.6 is 0 Å². The number of aromatic carboxylic acids is 1. The number of carboxylic acid groups (broad SMARTS) is 1. The van der Waals surface area contributed by atoms with E-state index in [0.717, 1.165) is 5.69 Å². The Kier molecular flexibility index (Phi) is 3.21. The molecule has 0 unspecified atom stereocenters. The van der Waals surface area contributed by atoms with E-state index in [4.69, 9.17) is 0 Å². The van der Waals surface area contributed by atoms with Crippen LogP contribution < -0.4 is 4.90 Å². The highest BCUT2D eigenvalue weighted by molar-refractivity contribution is 6.03. The fourth-order valence-electron chi connectivity index (χ4n) is 2.65. The van der Waals surface area contributed by atoms with Crippen molar-refractivity contribution in [2.24, 2.45) is 7.05 Å². The van der Waals surface area contributed by atoms with Gasteiger partial charge in [0.1, 0.15) is 5.56 Å². The first kappa shape index (κ1) is 13.4. The molecule has 2 heterocycles. The standard InChI is InChI=1S/C15H15N3O3/c1-17-13(11(8-16-17)15(20)21)9-18-7-6-14(19)10-4-2-3-5-12(10)18/h2-5,8H,6-7,9H2,1H3,(H,20,21). The van der Waals surface area contributed by atoms with E-state index in [1.807, 2.05) is 29.2 Å². The second kappa shape index (κ2) is 5.05. The molecule has 108 valence electrons. The normalized spacial score (nSPS) is 14.1. The Bertz CT molecular complexity index is 721. The molecular formula is C15H15N3O3. The third-order valence-corrected chi connectivity index (χ3v) is 3.79. The van der Waals surface area contributed by atoms with Crippen molar-refractivity contribution in [2.75, 3.05) is 11.4 Å². The van der Waals surface area contributed by atoms with Crippen molar-refractivity contribution in [3.63, 3.8) is 0 Å². The number of nitrogens with zero attached hydrogens (tertiary/aromatic N) is 3. The van der Waals surface area contributed by atoms with Gasteiger partial charge in [0.15, 0.2) is 5.78 Å². The number of ketones is 1. The van der Waals surface area contributed by atoms with Crippen LogP contribution in [0.25, 0.3) is 0 Å². The number of hydrogen-bond donors (Lipinski definition) is 1. The Morgan fingerprint density at radius 3 is 2.90 bits per heavy atom. The Balaban J connectivity index is 1.97. The fraction of sp³-hybridized carbons (Fsp3) is 0.267. The van der Waals surface area contributed by atoms with Crippen molar-refractivity contribution in [3.8, 4) is 0 Å². The number of carbonyl (C=O) groups is 2. The van der Waals surface area contributed by atoms with E-state index < -0.39 is 5.97 Å². The minimum Gasteiger partial charge on any atom is -0.478 e. The summed E-state index contributed by atoms with van der Waals surface area (Å²) in [6.45, 7) is 1.00. The van der Waals surface area contributed by atoms with Crippen molar-refractivity contribution in [2.45, 2.75) is 13.0 Å². The van der Waals surface area contributed by atoms with Crippen molar-refractivity contribution in [3.05, 3.63) is 47.3 Å². The number of aryl methyl sites for hydroxylation is 1. The van der Waals surface area contributed by atoms with Gasteiger partial charge in [-0.05, 0) is 12.1 Å². The molecule has 0 aliphatic carbocycles. The van der Waals surface area contributed by atoms with Gasteiger partial charge < -0.3 is 10.0 Å². The van der Waals surface area contributed by atoms with Crippen molar-refractivity contribution >= 4 is 17.4 Å². The van der Waals surface area contributed by atoms with Crippen LogP contribution in [0.2, 0.25) is 0 Å². The number of carbonyl (C=O) groups excluding carboxylic acids is 1. The number of benzene rings is 1. The Hall–Kier alpha value is -2.63. The molecule has 3 rings (SSSR count). The zero-order chi connectivity index (χ0) is 15.0. The molecule has 2 aromatic rings. The second-order valence-electron chi connectivity index (χ2n) is 5.05. The average Bonchev–Trinajstić information content (AvgIpc) is 2.84. The number of Topliss-reactive ketones (excluding diaryl/α,β-unsaturated/α-hetero) is 1. The largest absolute Gasteiger partial charge is 0.478 e. The predicted molar refractivity (Wildman–Crippen MR) is 76.6 cm³/mol. The number of hydrogen-bond acceptors (Lipinski definition) is 4. The van der Waals surface area contributed by atoms with Crippen LogP contribution in [0.5, 0.6) is 0 Å². The van der Waals surface area contributed by atoms with E-state index >= 15 is 0 Å². The predicted octanol–water partition coefficient (Wildman–Crippen LogP) is 1.71. The number of rotatable bonds is 3. The first-order chi connectivity index (χ1) is 10.1. The zero-order valence-electron chi connectivity index (χ0n) is 11.6. The quantitative estimate of drug-likeness (QED) is 0.929. The van der Waals surface area contributed by atoms with Gasteiger partial charge in [-0.3, -0.25) is 9.48 Å². The van der Waals surface area contributed by atoms with Crippen LogP contribution in [0.4, 0.5) is 5.69 Å². The molecule has 1 N–H and O–H groups in total. The molecular weight excluding hydrogens is 270 g/mol. The van der Waals surface area contributed by atoms with Crippen LogP contribution in [-0.2, 0) is 13.6 Å². The van der Waals surface area contributed by atoms with E-state index in [0.29, 0.717) is 30.8 Å². The van der Waals surface area contributed by atoms with E-state index in [9.17, 15) is 14.7 Å². The van der Waals surface area contributed by atoms with Crippen molar-refractivity contribution < 1.29 is 14.7 Å². The summed E-state index contributed by atoms with van der Waals surface area (Å²) >= 11 is 0.